The zero-order chi connectivity index (χ0) is 64.0. The third-order valence-electron chi connectivity index (χ3n) is 18.1. The quantitative estimate of drug-likeness (QED) is 0.169. The largest absolute Gasteiger partial charge is 0.354 e. The Bertz CT molecular complexity index is 4520. The number of H-pyrrole nitrogens is 2. The van der Waals surface area contributed by atoms with E-state index in [1.165, 1.54) is 55.6 Å². The molecule has 0 unspecified atom stereocenters. The van der Waals surface area contributed by atoms with Gasteiger partial charge in [0.15, 0.2) is 0 Å². The van der Waals surface area contributed by atoms with Gasteiger partial charge in [-0.2, -0.15) is 0 Å². The molecule has 90 heavy (non-hydrogen) atoms. The minimum absolute atomic E-state index is 0.111. The molecule has 0 spiro atoms. The normalized spacial score (nSPS) is 13.0. The molecule has 4 heteroatoms. The Hall–Kier alpha value is -9.04. The van der Waals surface area contributed by atoms with Crippen LogP contribution in [0.5, 0.6) is 0 Å². The van der Waals surface area contributed by atoms with Gasteiger partial charge in [-0.25, -0.2) is 9.97 Å². The van der Waals surface area contributed by atoms with E-state index in [0.717, 1.165) is 100 Å². The van der Waals surface area contributed by atoms with Crippen molar-refractivity contribution in [2.24, 2.45) is 0 Å². The van der Waals surface area contributed by atoms with Crippen LogP contribution in [0.15, 0.2) is 170 Å². The molecule has 2 aliphatic heterocycles. The van der Waals surface area contributed by atoms with Crippen molar-refractivity contribution >= 4 is 46.4 Å². The maximum absolute atomic E-state index is 5.86. The van der Waals surface area contributed by atoms with Gasteiger partial charge < -0.3 is 9.97 Å². The summed E-state index contributed by atoms with van der Waals surface area (Å²) in [6.45, 7) is 41.7. The number of rotatable bonds is 5. The molecule has 5 heterocycles. The minimum Gasteiger partial charge on any atom is -0.354 e. The first kappa shape index (κ1) is 61.2. The zero-order valence-electron chi connectivity index (χ0n) is 56.4. The highest BCUT2D eigenvalue weighted by atomic mass is 14.8. The number of nitrogens with zero attached hydrogens (tertiary/aromatic N) is 2. The summed E-state index contributed by atoms with van der Waals surface area (Å²) in [7, 11) is 0. The maximum Gasteiger partial charge on any atom is 0.0737 e. The van der Waals surface area contributed by atoms with Crippen LogP contribution >= 0.6 is 0 Å². The van der Waals surface area contributed by atoms with E-state index in [9.17, 15) is 0 Å². The molecule has 5 aromatic carbocycles. The molecule has 0 amide bonds. The average molecular weight is 1180 g/mol. The molecule has 0 saturated carbocycles. The van der Waals surface area contributed by atoms with Crippen LogP contribution in [0.4, 0.5) is 0 Å². The molecule has 12 rings (SSSR count). The molecule has 452 valence electrons. The van der Waals surface area contributed by atoms with Gasteiger partial charge in [0.1, 0.15) is 0 Å². The van der Waals surface area contributed by atoms with Gasteiger partial charge in [0.2, 0.25) is 0 Å². The van der Waals surface area contributed by atoms with Crippen LogP contribution in [0.3, 0.4) is 0 Å². The predicted octanol–water partition coefficient (Wildman–Crippen LogP) is 23.3. The highest BCUT2D eigenvalue weighted by Crippen LogP contribution is 2.44. The van der Waals surface area contributed by atoms with Crippen molar-refractivity contribution in [3.63, 3.8) is 0 Å². The lowest BCUT2D eigenvalue weighted by atomic mass is 9.78. The summed E-state index contributed by atoms with van der Waals surface area (Å²) in [4.78, 5) is 19.8. The molecule has 0 saturated heterocycles. The molecular weight excluding hydrogens is 1090 g/mol. The lowest BCUT2D eigenvalue weighted by Crippen LogP contribution is -2.16. The lowest BCUT2D eigenvalue weighted by Gasteiger charge is -2.26. The van der Waals surface area contributed by atoms with Gasteiger partial charge in [-0.1, -0.05) is 246 Å². The molecule has 4 nitrogen and oxygen atoms in total. The van der Waals surface area contributed by atoms with Gasteiger partial charge in [-0.15, -0.1) is 0 Å². The van der Waals surface area contributed by atoms with Crippen LogP contribution < -0.4 is 0 Å². The third-order valence-corrected chi connectivity index (χ3v) is 18.1. The van der Waals surface area contributed by atoms with E-state index in [1.54, 1.807) is 0 Å². The second-order valence-corrected chi connectivity index (χ2v) is 31.4. The lowest BCUT2D eigenvalue weighted by molar-refractivity contribution is 0.568. The van der Waals surface area contributed by atoms with Crippen molar-refractivity contribution in [1.82, 2.24) is 19.9 Å². The maximum atomic E-state index is 5.86. The fraction of sp³-hybridized carbons (Fsp3) is 0.279. The summed E-state index contributed by atoms with van der Waals surface area (Å²) in [6, 6.07) is 63.1. The van der Waals surface area contributed by atoms with E-state index in [0.29, 0.717) is 0 Å². The van der Waals surface area contributed by atoms with Crippen molar-refractivity contribution in [1.29, 1.82) is 0 Å². The number of fused-ring (bicyclic) bond motifs is 9. The summed E-state index contributed by atoms with van der Waals surface area (Å²) in [6.07, 6.45) is 8.92. The number of hydrogen-bond acceptors (Lipinski definition) is 2. The Morgan fingerprint density at radius 3 is 0.789 bits per heavy atom. The Morgan fingerprint density at radius 1 is 0.244 bits per heavy atom. The van der Waals surface area contributed by atoms with Crippen LogP contribution in [-0.2, 0) is 32.5 Å². The summed E-state index contributed by atoms with van der Waals surface area (Å²) in [5.41, 5.74) is 29.7. The van der Waals surface area contributed by atoms with Crippen molar-refractivity contribution in [2.75, 3.05) is 0 Å². The number of benzene rings is 5. The number of hydrogen-bond donors (Lipinski definition) is 2. The minimum atomic E-state index is -0.116. The monoisotopic (exact) mass is 1180 g/mol. The SMILES string of the molecule is CC(C)(C)c1cc(-c2c3nc(c(-c4cc(C(C)(C)C)cc(C(C)(C)C)c4)c4ccc([nH]4)c(-c4cc(C(C)(C)C)cc(C(C)(C)C)c4)c4nc(c(-c5ccc(C#Cc6ccc(-c7cc8cccccc-8c7)cc6)cc5)c5ccc2[nH]5)C=C4)C=C3)cc(C(C)(C)C)c1. The van der Waals surface area contributed by atoms with Crippen LogP contribution in [0.25, 0.3) is 113 Å². The molecule has 0 radical (unpaired) electrons. The number of aromatic amines is 2. The molecule has 8 bridgehead atoms. The van der Waals surface area contributed by atoms with E-state index < -0.39 is 0 Å². The van der Waals surface area contributed by atoms with Gasteiger partial charge in [0.05, 0.1) is 22.8 Å². The first-order valence-electron chi connectivity index (χ1n) is 32.2. The highest BCUT2D eigenvalue weighted by molar-refractivity contribution is 6.00. The Labute approximate surface area is 536 Å². The van der Waals surface area contributed by atoms with E-state index in [1.807, 2.05) is 0 Å². The standard InChI is InChI=1S/C86H88N4/c1-81(2,3)63-44-60(45-64(50-63)82(4,5)6)78-71-36-34-69(87-71)77(56-32-28-54(29-33-56)25-24-53-26-30-55(31-27-53)59-42-57-22-20-19-21-23-58(57)43-59)70-35-37-72(88-70)79(61-46-65(83(7,8)9)51-66(47-61)84(10,11)12)74-39-41-76(90-74)80(75-40-38-73(78)89-75)62-48-67(85(13,14)15)52-68(49-62)86(16,17)18/h19-23,26-52,87,90H,1-18H3. The van der Waals surface area contributed by atoms with Gasteiger partial charge in [-0.05, 0) is 195 Å². The second kappa shape index (κ2) is 22.5. The first-order chi connectivity index (χ1) is 42.3. The topological polar surface area (TPSA) is 57.4 Å². The summed E-state index contributed by atoms with van der Waals surface area (Å²) < 4.78 is 0. The van der Waals surface area contributed by atoms with Gasteiger partial charge >= 0.3 is 0 Å². The smallest absolute Gasteiger partial charge is 0.0737 e. The molecule has 0 atom stereocenters. The van der Waals surface area contributed by atoms with Crippen molar-refractivity contribution < 1.29 is 0 Å². The average Bonchev–Trinajstić information content (AvgIpc) is 2.31. The summed E-state index contributed by atoms with van der Waals surface area (Å²) >= 11 is 0. The van der Waals surface area contributed by atoms with Gasteiger partial charge in [-0.3, -0.25) is 0 Å². The Balaban J connectivity index is 1.14. The molecule has 3 aromatic heterocycles. The van der Waals surface area contributed by atoms with Crippen molar-refractivity contribution in [3.05, 3.63) is 237 Å². The first-order valence-corrected chi connectivity index (χ1v) is 32.2. The van der Waals surface area contributed by atoms with E-state index in [2.05, 4.69) is 341 Å². The summed E-state index contributed by atoms with van der Waals surface area (Å²) in [5, 5.41) is 0. The predicted molar refractivity (Wildman–Crippen MR) is 387 cm³/mol. The number of nitrogens with one attached hydrogen (secondary N) is 2. The highest BCUT2D eigenvalue weighted by Gasteiger charge is 2.28. The van der Waals surface area contributed by atoms with E-state index in [4.69, 9.17) is 9.97 Å². The van der Waals surface area contributed by atoms with Gasteiger partial charge in [0, 0.05) is 55.4 Å². The molecular formula is C86H88N4. The van der Waals surface area contributed by atoms with Crippen LogP contribution in [0.2, 0.25) is 0 Å². The van der Waals surface area contributed by atoms with E-state index in [-0.39, 0.29) is 32.5 Å². The van der Waals surface area contributed by atoms with Gasteiger partial charge in [0.25, 0.3) is 0 Å². The van der Waals surface area contributed by atoms with Crippen molar-refractivity contribution in [2.45, 2.75) is 157 Å². The number of aromatic nitrogens is 4. The molecule has 8 aromatic rings. The van der Waals surface area contributed by atoms with E-state index >= 15 is 0 Å². The fourth-order valence-electron chi connectivity index (χ4n) is 12.3. The molecule has 2 aliphatic carbocycles. The summed E-state index contributed by atoms with van der Waals surface area (Å²) in [5.74, 6) is 6.97. The van der Waals surface area contributed by atoms with Crippen molar-refractivity contribution in [3.8, 4) is 78.6 Å². The third kappa shape index (κ3) is 12.5. The second-order valence-electron chi connectivity index (χ2n) is 31.4. The molecule has 0 fully saturated rings. The Morgan fingerprint density at radius 2 is 0.511 bits per heavy atom. The van der Waals surface area contributed by atoms with Crippen LogP contribution in [0.1, 0.15) is 192 Å². The Kier molecular flexibility index (Phi) is 15.3. The van der Waals surface area contributed by atoms with Crippen LogP contribution in [-0.4, -0.2) is 19.9 Å². The zero-order valence-corrected chi connectivity index (χ0v) is 56.4. The fourth-order valence-corrected chi connectivity index (χ4v) is 12.3. The van der Waals surface area contributed by atoms with Crippen LogP contribution in [0, 0.1) is 11.8 Å². The molecule has 4 aliphatic rings. The molecule has 2 N–H and O–H groups in total.